The second-order valence-electron chi connectivity index (χ2n) is 5.80. The van der Waals surface area contributed by atoms with Crippen molar-refractivity contribution in [2.75, 3.05) is 6.61 Å². The standard InChI is InChI=1S/C18H19ClFNO2/c1-18(2,11-16(19)20)13-22-12-14-7-6-10-17(21-14)23-15-8-4-3-5-9-15/h3-11H,12-13H2,1-2H3. The van der Waals surface area contributed by atoms with Gasteiger partial charge >= 0.3 is 0 Å². The molecule has 2 rings (SSSR count). The predicted octanol–water partition coefficient (Wildman–Crippen LogP) is 5.47. The normalized spacial score (nSPS) is 12.3. The molecule has 1 aromatic carbocycles. The molecule has 3 nitrogen and oxygen atoms in total. The SMILES string of the molecule is CC(C)(C=C(F)Cl)COCc1cccc(Oc2ccccc2)n1. The first-order valence-corrected chi connectivity index (χ1v) is 7.63. The Bertz CT molecular complexity index is 655. The average Bonchev–Trinajstić information content (AvgIpc) is 2.47. The summed E-state index contributed by atoms with van der Waals surface area (Å²) in [5, 5.41) is -0.727. The lowest BCUT2D eigenvalue weighted by atomic mass is 9.95. The summed E-state index contributed by atoms with van der Waals surface area (Å²) in [7, 11) is 0. The van der Waals surface area contributed by atoms with Crippen LogP contribution >= 0.6 is 11.6 Å². The van der Waals surface area contributed by atoms with E-state index in [1.165, 1.54) is 6.08 Å². The van der Waals surface area contributed by atoms with E-state index in [-0.39, 0.29) is 0 Å². The Morgan fingerprint density at radius 2 is 1.91 bits per heavy atom. The van der Waals surface area contributed by atoms with E-state index in [4.69, 9.17) is 21.1 Å². The van der Waals surface area contributed by atoms with E-state index in [0.717, 1.165) is 11.4 Å². The van der Waals surface area contributed by atoms with Crippen molar-refractivity contribution in [2.45, 2.75) is 20.5 Å². The van der Waals surface area contributed by atoms with E-state index in [2.05, 4.69) is 4.98 Å². The highest BCUT2D eigenvalue weighted by Gasteiger charge is 2.16. The fourth-order valence-electron chi connectivity index (χ4n) is 1.96. The van der Waals surface area contributed by atoms with Gasteiger partial charge in [0.05, 0.1) is 18.9 Å². The van der Waals surface area contributed by atoms with Crippen LogP contribution in [0.3, 0.4) is 0 Å². The molecule has 0 radical (unpaired) electrons. The van der Waals surface area contributed by atoms with Gasteiger partial charge in [-0.25, -0.2) is 4.98 Å². The van der Waals surface area contributed by atoms with Gasteiger partial charge in [-0.3, -0.25) is 0 Å². The maximum atomic E-state index is 12.7. The van der Waals surface area contributed by atoms with Crippen molar-refractivity contribution in [1.29, 1.82) is 0 Å². The minimum Gasteiger partial charge on any atom is -0.439 e. The van der Waals surface area contributed by atoms with E-state index in [0.29, 0.717) is 19.1 Å². The summed E-state index contributed by atoms with van der Waals surface area (Å²) in [4.78, 5) is 4.39. The van der Waals surface area contributed by atoms with Crippen LogP contribution in [0.2, 0.25) is 0 Å². The van der Waals surface area contributed by atoms with Gasteiger partial charge in [0.25, 0.3) is 0 Å². The zero-order chi connectivity index (χ0) is 16.7. The third-order valence-electron chi connectivity index (χ3n) is 2.97. The number of hydrogen-bond donors (Lipinski definition) is 0. The quantitative estimate of drug-likeness (QED) is 0.672. The van der Waals surface area contributed by atoms with Gasteiger partial charge in [0.15, 0.2) is 5.29 Å². The maximum absolute atomic E-state index is 12.7. The monoisotopic (exact) mass is 335 g/mol. The third-order valence-corrected chi connectivity index (χ3v) is 3.08. The van der Waals surface area contributed by atoms with Gasteiger partial charge < -0.3 is 9.47 Å². The zero-order valence-electron chi connectivity index (χ0n) is 13.1. The third kappa shape index (κ3) is 6.38. The molecule has 122 valence electrons. The molecule has 0 saturated heterocycles. The molecule has 0 fully saturated rings. The van der Waals surface area contributed by atoms with Crippen LogP contribution in [-0.2, 0) is 11.3 Å². The summed E-state index contributed by atoms with van der Waals surface area (Å²) >= 11 is 5.27. The smallest absolute Gasteiger partial charge is 0.219 e. The fourth-order valence-corrected chi connectivity index (χ4v) is 2.26. The van der Waals surface area contributed by atoms with Crippen LogP contribution in [0.1, 0.15) is 19.5 Å². The minimum absolute atomic E-state index is 0.313. The van der Waals surface area contributed by atoms with Crippen LogP contribution < -0.4 is 4.74 Å². The van der Waals surface area contributed by atoms with Crippen molar-refractivity contribution in [3.05, 3.63) is 65.6 Å². The molecule has 2 aromatic rings. The number of nitrogens with zero attached hydrogens (tertiary/aromatic N) is 1. The summed E-state index contributed by atoms with van der Waals surface area (Å²) < 4.78 is 24.0. The van der Waals surface area contributed by atoms with Crippen LogP contribution in [0, 0.1) is 5.41 Å². The number of ether oxygens (including phenoxy) is 2. The lowest BCUT2D eigenvalue weighted by Crippen LogP contribution is -2.16. The highest BCUT2D eigenvalue weighted by molar-refractivity contribution is 6.28. The van der Waals surface area contributed by atoms with Crippen LogP contribution in [0.5, 0.6) is 11.6 Å². The maximum Gasteiger partial charge on any atom is 0.219 e. The van der Waals surface area contributed by atoms with Gasteiger partial charge in [0.1, 0.15) is 5.75 Å². The number of rotatable bonds is 7. The Hall–Kier alpha value is -1.91. The van der Waals surface area contributed by atoms with Crippen LogP contribution in [0.25, 0.3) is 0 Å². The molecule has 0 aliphatic rings. The second kappa shape index (κ2) is 8.09. The molecule has 0 saturated carbocycles. The number of halogens is 2. The van der Waals surface area contributed by atoms with Crippen LogP contribution in [0.4, 0.5) is 4.39 Å². The molecular formula is C18H19ClFNO2. The van der Waals surface area contributed by atoms with E-state index >= 15 is 0 Å². The first-order valence-electron chi connectivity index (χ1n) is 7.25. The molecule has 0 N–H and O–H groups in total. The van der Waals surface area contributed by atoms with Crippen LogP contribution in [-0.4, -0.2) is 11.6 Å². The summed E-state index contributed by atoms with van der Waals surface area (Å²) in [6, 6.07) is 14.9. The first-order chi connectivity index (χ1) is 10.9. The van der Waals surface area contributed by atoms with Crippen molar-refractivity contribution in [3.63, 3.8) is 0 Å². The highest BCUT2D eigenvalue weighted by Crippen LogP contribution is 2.23. The molecule has 0 spiro atoms. The van der Waals surface area contributed by atoms with Crippen LogP contribution in [0.15, 0.2) is 59.9 Å². The zero-order valence-corrected chi connectivity index (χ0v) is 13.9. The molecule has 0 amide bonds. The van der Waals surface area contributed by atoms with Crippen molar-refractivity contribution >= 4 is 11.6 Å². The number of aromatic nitrogens is 1. The summed E-state index contributed by atoms with van der Waals surface area (Å²) in [6.45, 7) is 4.33. The number of para-hydroxylation sites is 1. The minimum atomic E-state index is -0.727. The van der Waals surface area contributed by atoms with E-state index in [1.807, 2.05) is 56.3 Å². The van der Waals surface area contributed by atoms with Crippen molar-refractivity contribution in [1.82, 2.24) is 4.98 Å². The lowest BCUT2D eigenvalue weighted by molar-refractivity contribution is 0.0690. The van der Waals surface area contributed by atoms with Gasteiger partial charge in [0, 0.05) is 11.5 Å². The summed E-state index contributed by atoms with van der Waals surface area (Å²) in [5.41, 5.74) is 0.258. The van der Waals surface area contributed by atoms with Gasteiger partial charge in [-0.1, -0.05) is 49.7 Å². The second-order valence-corrected chi connectivity index (χ2v) is 6.16. The van der Waals surface area contributed by atoms with Gasteiger partial charge in [0.2, 0.25) is 5.88 Å². The first kappa shape index (κ1) is 17.4. The fraction of sp³-hybridized carbons (Fsp3) is 0.278. The number of benzene rings is 1. The molecule has 0 aliphatic carbocycles. The highest BCUT2D eigenvalue weighted by atomic mass is 35.5. The molecule has 23 heavy (non-hydrogen) atoms. The Morgan fingerprint density at radius 3 is 2.61 bits per heavy atom. The molecule has 5 heteroatoms. The van der Waals surface area contributed by atoms with E-state index in [1.54, 1.807) is 6.07 Å². The largest absolute Gasteiger partial charge is 0.439 e. The van der Waals surface area contributed by atoms with Gasteiger partial charge in [-0.05, 0) is 24.3 Å². The van der Waals surface area contributed by atoms with E-state index < -0.39 is 10.7 Å². The summed E-state index contributed by atoms with van der Waals surface area (Å²) in [5.74, 6) is 1.23. The van der Waals surface area contributed by atoms with Crippen molar-refractivity contribution in [3.8, 4) is 11.6 Å². The van der Waals surface area contributed by atoms with E-state index in [9.17, 15) is 4.39 Å². The number of hydrogen-bond acceptors (Lipinski definition) is 3. The molecule has 0 unspecified atom stereocenters. The Balaban J connectivity index is 1.92. The lowest BCUT2D eigenvalue weighted by Gasteiger charge is -2.19. The average molecular weight is 336 g/mol. The molecular weight excluding hydrogens is 317 g/mol. The Morgan fingerprint density at radius 1 is 1.17 bits per heavy atom. The Kier molecular flexibility index (Phi) is 6.13. The molecule has 1 aromatic heterocycles. The van der Waals surface area contributed by atoms with Gasteiger partial charge in [-0.15, -0.1) is 0 Å². The predicted molar refractivity (Wildman–Crippen MR) is 89.2 cm³/mol. The Labute approximate surface area is 140 Å². The molecule has 1 heterocycles. The van der Waals surface area contributed by atoms with Gasteiger partial charge in [-0.2, -0.15) is 4.39 Å². The summed E-state index contributed by atoms with van der Waals surface area (Å²) in [6.07, 6.45) is 1.33. The molecule has 0 aliphatic heterocycles. The molecule has 0 atom stereocenters. The number of pyridine rings is 1. The molecule has 0 bridgehead atoms. The van der Waals surface area contributed by atoms with Crippen molar-refractivity contribution in [2.24, 2.45) is 5.41 Å². The van der Waals surface area contributed by atoms with Crippen molar-refractivity contribution < 1.29 is 13.9 Å². The topological polar surface area (TPSA) is 31.4 Å².